The largest absolute Gasteiger partial charge is 0.478 e. The number of hydrogen-bond acceptors (Lipinski definition) is 4. The third kappa shape index (κ3) is 5.24. The lowest BCUT2D eigenvalue weighted by atomic mass is 10.1. The Labute approximate surface area is 117 Å². The van der Waals surface area contributed by atoms with E-state index in [2.05, 4.69) is 4.90 Å². The Balaban J connectivity index is 2.71. The molecule has 0 unspecified atom stereocenters. The number of aromatic carboxylic acids is 1. The molecule has 0 aliphatic heterocycles. The Kier molecular flexibility index (Phi) is 7.14. The van der Waals surface area contributed by atoms with E-state index in [0.29, 0.717) is 32.8 Å². The number of carbonyl (C=O) groups is 1. The summed E-state index contributed by atoms with van der Waals surface area (Å²) < 4.78 is 23.7. The van der Waals surface area contributed by atoms with E-state index < -0.39 is 11.8 Å². The van der Waals surface area contributed by atoms with Crippen LogP contribution in [0.5, 0.6) is 0 Å². The summed E-state index contributed by atoms with van der Waals surface area (Å²) in [5, 5.41) is 8.79. The van der Waals surface area contributed by atoms with Crippen molar-refractivity contribution in [2.45, 2.75) is 6.54 Å². The van der Waals surface area contributed by atoms with E-state index in [0.717, 1.165) is 5.56 Å². The van der Waals surface area contributed by atoms with Gasteiger partial charge in [-0.1, -0.05) is 6.07 Å². The zero-order chi connectivity index (χ0) is 15.0. The number of rotatable bonds is 9. The average molecular weight is 285 g/mol. The first-order valence-electron chi connectivity index (χ1n) is 6.30. The third-order valence-electron chi connectivity index (χ3n) is 2.89. The van der Waals surface area contributed by atoms with E-state index in [1.807, 2.05) is 0 Å². The zero-order valence-corrected chi connectivity index (χ0v) is 11.8. The minimum Gasteiger partial charge on any atom is -0.478 e. The molecule has 0 aliphatic carbocycles. The summed E-state index contributed by atoms with van der Waals surface area (Å²) in [6, 6.07) is 4.17. The van der Waals surface area contributed by atoms with Crippen LogP contribution in [-0.2, 0) is 16.0 Å². The fourth-order valence-corrected chi connectivity index (χ4v) is 1.80. The molecular weight excluding hydrogens is 265 g/mol. The standard InChI is InChI=1S/C14H20FNO4/c1-19-7-5-16(6-8-20-2)10-11-3-4-12(14(17)18)13(15)9-11/h3-4,9H,5-8,10H2,1-2H3,(H,17,18). The first kappa shape index (κ1) is 16.6. The highest BCUT2D eigenvalue weighted by Crippen LogP contribution is 2.12. The molecule has 0 bridgehead atoms. The molecule has 5 nitrogen and oxygen atoms in total. The van der Waals surface area contributed by atoms with E-state index in [1.165, 1.54) is 12.1 Å². The lowest BCUT2D eigenvalue weighted by molar-refractivity contribution is 0.0692. The summed E-state index contributed by atoms with van der Waals surface area (Å²) in [6.07, 6.45) is 0. The minimum absolute atomic E-state index is 0.311. The molecule has 112 valence electrons. The summed E-state index contributed by atoms with van der Waals surface area (Å²) in [5.41, 5.74) is 0.411. The van der Waals surface area contributed by atoms with Crippen LogP contribution in [0.3, 0.4) is 0 Å². The van der Waals surface area contributed by atoms with Gasteiger partial charge in [0.25, 0.3) is 0 Å². The number of ether oxygens (including phenoxy) is 2. The molecule has 6 heteroatoms. The summed E-state index contributed by atoms with van der Waals surface area (Å²) in [5.74, 6) is -1.97. The Bertz CT molecular complexity index is 431. The van der Waals surface area contributed by atoms with Crippen LogP contribution in [0.15, 0.2) is 18.2 Å². The van der Waals surface area contributed by atoms with Crippen LogP contribution in [0.1, 0.15) is 15.9 Å². The summed E-state index contributed by atoms with van der Waals surface area (Å²) in [6.45, 7) is 3.05. The average Bonchev–Trinajstić information content (AvgIpc) is 2.41. The van der Waals surface area contributed by atoms with E-state index in [-0.39, 0.29) is 5.56 Å². The molecular formula is C14H20FNO4. The number of nitrogens with zero attached hydrogens (tertiary/aromatic N) is 1. The Hall–Kier alpha value is -1.50. The maximum atomic E-state index is 13.6. The van der Waals surface area contributed by atoms with Crippen molar-refractivity contribution in [2.75, 3.05) is 40.5 Å². The summed E-state index contributed by atoms with van der Waals surface area (Å²) in [4.78, 5) is 12.8. The maximum Gasteiger partial charge on any atom is 0.338 e. The number of methoxy groups -OCH3 is 2. The van der Waals surface area contributed by atoms with Gasteiger partial charge in [-0.25, -0.2) is 9.18 Å². The molecule has 0 heterocycles. The molecule has 0 saturated carbocycles. The van der Waals surface area contributed by atoms with E-state index in [9.17, 15) is 9.18 Å². The van der Waals surface area contributed by atoms with Gasteiger partial charge in [0.15, 0.2) is 0 Å². The van der Waals surface area contributed by atoms with Crippen molar-refractivity contribution in [3.05, 3.63) is 35.1 Å². The van der Waals surface area contributed by atoms with Crippen LogP contribution in [0.4, 0.5) is 4.39 Å². The van der Waals surface area contributed by atoms with E-state index >= 15 is 0 Å². The normalized spacial score (nSPS) is 11.0. The van der Waals surface area contributed by atoms with Crippen LogP contribution >= 0.6 is 0 Å². The van der Waals surface area contributed by atoms with Gasteiger partial charge in [0, 0.05) is 33.9 Å². The fraction of sp³-hybridized carbons (Fsp3) is 0.500. The lowest BCUT2D eigenvalue weighted by Gasteiger charge is -2.21. The highest BCUT2D eigenvalue weighted by atomic mass is 19.1. The van der Waals surface area contributed by atoms with Gasteiger partial charge < -0.3 is 14.6 Å². The van der Waals surface area contributed by atoms with E-state index in [1.54, 1.807) is 20.3 Å². The van der Waals surface area contributed by atoms with Gasteiger partial charge in [0.2, 0.25) is 0 Å². The van der Waals surface area contributed by atoms with E-state index in [4.69, 9.17) is 14.6 Å². The molecule has 0 aromatic heterocycles. The summed E-state index contributed by atoms with van der Waals surface area (Å²) in [7, 11) is 3.24. The molecule has 1 rings (SSSR count). The van der Waals surface area contributed by atoms with Crippen molar-refractivity contribution < 1.29 is 23.8 Å². The maximum absolute atomic E-state index is 13.6. The van der Waals surface area contributed by atoms with Gasteiger partial charge in [-0.3, -0.25) is 4.90 Å². The Morgan fingerprint density at radius 1 is 1.25 bits per heavy atom. The van der Waals surface area contributed by atoms with Gasteiger partial charge in [0.1, 0.15) is 5.82 Å². The zero-order valence-electron chi connectivity index (χ0n) is 11.8. The smallest absolute Gasteiger partial charge is 0.338 e. The molecule has 0 saturated heterocycles. The van der Waals surface area contributed by atoms with Gasteiger partial charge >= 0.3 is 5.97 Å². The number of carboxylic acid groups (broad SMARTS) is 1. The SMILES string of the molecule is COCCN(CCOC)Cc1ccc(C(=O)O)c(F)c1. The van der Waals surface area contributed by atoms with Crippen LogP contribution in [0, 0.1) is 5.82 Å². The predicted octanol–water partition coefficient (Wildman–Crippen LogP) is 1.62. The molecule has 20 heavy (non-hydrogen) atoms. The Morgan fingerprint density at radius 2 is 1.85 bits per heavy atom. The Morgan fingerprint density at radius 3 is 2.30 bits per heavy atom. The molecule has 0 amide bonds. The first-order valence-corrected chi connectivity index (χ1v) is 6.30. The highest BCUT2D eigenvalue weighted by Gasteiger charge is 2.12. The molecule has 0 spiro atoms. The van der Waals surface area contributed by atoms with Crippen molar-refractivity contribution in [1.29, 1.82) is 0 Å². The monoisotopic (exact) mass is 285 g/mol. The van der Waals surface area contributed by atoms with Crippen LogP contribution in [0.2, 0.25) is 0 Å². The fourth-order valence-electron chi connectivity index (χ4n) is 1.80. The van der Waals surface area contributed by atoms with Gasteiger partial charge in [-0.2, -0.15) is 0 Å². The van der Waals surface area contributed by atoms with Gasteiger partial charge in [-0.15, -0.1) is 0 Å². The van der Waals surface area contributed by atoms with Crippen molar-refractivity contribution in [2.24, 2.45) is 0 Å². The molecule has 0 fully saturated rings. The second kappa shape index (κ2) is 8.63. The van der Waals surface area contributed by atoms with Gasteiger partial charge in [0.05, 0.1) is 18.8 Å². The molecule has 0 atom stereocenters. The van der Waals surface area contributed by atoms with Crippen LogP contribution < -0.4 is 0 Å². The van der Waals surface area contributed by atoms with Crippen molar-refractivity contribution in [3.63, 3.8) is 0 Å². The van der Waals surface area contributed by atoms with Crippen LogP contribution in [0.25, 0.3) is 0 Å². The second-order valence-corrected chi connectivity index (χ2v) is 4.38. The molecule has 0 aliphatic rings. The highest BCUT2D eigenvalue weighted by molar-refractivity contribution is 5.87. The van der Waals surface area contributed by atoms with Crippen molar-refractivity contribution >= 4 is 5.97 Å². The first-order chi connectivity index (χ1) is 9.58. The lowest BCUT2D eigenvalue weighted by Crippen LogP contribution is -2.30. The molecule has 1 N–H and O–H groups in total. The minimum atomic E-state index is -1.26. The molecule has 1 aromatic rings. The summed E-state index contributed by atoms with van der Waals surface area (Å²) >= 11 is 0. The predicted molar refractivity (Wildman–Crippen MR) is 72.4 cm³/mol. The van der Waals surface area contributed by atoms with Gasteiger partial charge in [-0.05, 0) is 17.7 Å². The topological polar surface area (TPSA) is 59.0 Å². The number of benzene rings is 1. The van der Waals surface area contributed by atoms with Crippen molar-refractivity contribution in [1.82, 2.24) is 4.90 Å². The molecule has 1 aromatic carbocycles. The quantitative estimate of drug-likeness (QED) is 0.747. The molecule has 0 radical (unpaired) electrons. The number of carboxylic acids is 1. The van der Waals surface area contributed by atoms with Crippen LogP contribution in [-0.4, -0.2) is 56.5 Å². The van der Waals surface area contributed by atoms with Crippen molar-refractivity contribution in [3.8, 4) is 0 Å². The third-order valence-corrected chi connectivity index (χ3v) is 2.89. The number of hydrogen-bond donors (Lipinski definition) is 1. The number of halogens is 1. The second-order valence-electron chi connectivity index (χ2n) is 4.38.